The molecule has 0 spiro atoms. The number of hydrogen-bond donors (Lipinski definition) is 2. The number of benzene rings is 2. The second kappa shape index (κ2) is 6.76. The van der Waals surface area contributed by atoms with Gasteiger partial charge in [0, 0.05) is 23.6 Å². The lowest BCUT2D eigenvalue weighted by molar-refractivity contribution is 0.0963. The average Bonchev–Trinajstić information content (AvgIpc) is 3.32. The summed E-state index contributed by atoms with van der Waals surface area (Å²) in [4.78, 5) is 26.4. The Kier molecular flexibility index (Phi) is 4.15. The number of nitrogens with one attached hydrogen (secondary N) is 2. The molecule has 0 aliphatic carbocycles. The molecule has 6 nitrogen and oxygen atoms in total. The van der Waals surface area contributed by atoms with Crippen molar-refractivity contribution >= 4 is 29.0 Å². The van der Waals surface area contributed by atoms with Crippen LogP contribution in [0.25, 0.3) is 0 Å². The highest BCUT2D eigenvalue weighted by Gasteiger charge is 2.27. The van der Waals surface area contributed by atoms with Gasteiger partial charge in [-0.15, -0.1) is 0 Å². The van der Waals surface area contributed by atoms with Gasteiger partial charge in [0.25, 0.3) is 5.91 Å². The van der Waals surface area contributed by atoms with Gasteiger partial charge in [-0.25, -0.2) is 4.79 Å². The number of carbonyl (C=O) groups is 2. The van der Waals surface area contributed by atoms with Crippen LogP contribution in [0.4, 0.5) is 21.9 Å². The Hall–Kier alpha value is -3.54. The molecule has 0 fully saturated rings. The smallest absolute Gasteiger partial charge is 0.323 e. The fraction of sp³-hybridized carbons (Fsp3) is 0.100. The van der Waals surface area contributed by atoms with Crippen LogP contribution < -0.4 is 15.5 Å². The molecule has 1 aliphatic heterocycles. The lowest BCUT2D eigenvalue weighted by Gasteiger charge is -2.17. The molecule has 2 aromatic carbocycles. The van der Waals surface area contributed by atoms with Crippen LogP contribution in [0.3, 0.4) is 0 Å². The van der Waals surface area contributed by atoms with E-state index in [1.165, 1.54) is 6.26 Å². The van der Waals surface area contributed by atoms with Gasteiger partial charge in [0.15, 0.2) is 5.76 Å². The van der Waals surface area contributed by atoms with Gasteiger partial charge in [0.05, 0.1) is 6.26 Å². The fourth-order valence-electron chi connectivity index (χ4n) is 3.02. The summed E-state index contributed by atoms with van der Waals surface area (Å²) in [5.74, 6) is 0.123. The van der Waals surface area contributed by atoms with E-state index >= 15 is 0 Å². The summed E-state index contributed by atoms with van der Waals surface area (Å²) in [6.45, 7) is 0.592. The van der Waals surface area contributed by atoms with Crippen molar-refractivity contribution in [3.05, 3.63) is 78.3 Å². The number of anilines is 3. The third kappa shape index (κ3) is 3.17. The van der Waals surface area contributed by atoms with Gasteiger partial charge >= 0.3 is 6.03 Å². The van der Waals surface area contributed by atoms with Crippen LogP contribution in [0.5, 0.6) is 0 Å². The standard InChI is InChI=1S/C20H17N3O3/c24-19(18-7-4-12-26-18)23-11-10-14-8-9-16(13-17(14)23)22-20(25)21-15-5-2-1-3-6-15/h1-9,12-13H,10-11H2,(H2,21,22,25). The van der Waals surface area contributed by atoms with E-state index < -0.39 is 0 Å². The number of furan rings is 1. The number of nitrogens with zero attached hydrogens (tertiary/aromatic N) is 1. The Morgan fingerprint density at radius 1 is 0.923 bits per heavy atom. The first-order valence-corrected chi connectivity index (χ1v) is 8.32. The molecule has 2 N–H and O–H groups in total. The van der Waals surface area contributed by atoms with E-state index in [2.05, 4.69) is 10.6 Å². The third-order valence-electron chi connectivity index (χ3n) is 4.25. The number of para-hydroxylation sites is 1. The van der Waals surface area contributed by atoms with Crippen LogP contribution >= 0.6 is 0 Å². The molecule has 1 aliphatic rings. The molecule has 1 aromatic heterocycles. The van der Waals surface area contributed by atoms with E-state index in [9.17, 15) is 9.59 Å². The van der Waals surface area contributed by atoms with E-state index in [-0.39, 0.29) is 11.9 Å². The predicted molar refractivity (Wildman–Crippen MR) is 99.6 cm³/mol. The average molecular weight is 347 g/mol. The highest BCUT2D eigenvalue weighted by Crippen LogP contribution is 2.32. The van der Waals surface area contributed by atoms with Crippen LogP contribution in [0, 0.1) is 0 Å². The van der Waals surface area contributed by atoms with Crippen LogP contribution in [-0.4, -0.2) is 18.5 Å². The number of amides is 3. The summed E-state index contributed by atoms with van der Waals surface area (Å²) in [5, 5.41) is 5.57. The molecule has 0 saturated carbocycles. The van der Waals surface area contributed by atoms with Gasteiger partial charge in [-0.05, 0) is 48.4 Å². The second-order valence-electron chi connectivity index (χ2n) is 5.97. The minimum Gasteiger partial charge on any atom is -0.459 e. The van der Waals surface area contributed by atoms with Crippen molar-refractivity contribution in [1.29, 1.82) is 0 Å². The second-order valence-corrected chi connectivity index (χ2v) is 5.97. The maximum absolute atomic E-state index is 12.6. The van der Waals surface area contributed by atoms with Crippen molar-refractivity contribution in [3.63, 3.8) is 0 Å². The number of urea groups is 1. The molecular formula is C20H17N3O3. The van der Waals surface area contributed by atoms with Crippen molar-refractivity contribution < 1.29 is 14.0 Å². The van der Waals surface area contributed by atoms with Crippen molar-refractivity contribution in [3.8, 4) is 0 Å². The first-order valence-electron chi connectivity index (χ1n) is 8.32. The quantitative estimate of drug-likeness (QED) is 0.748. The molecule has 0 unspecified atom stereocenters. The number of hydrogen-bond acceptors (Lipinski definition) is 3. The van der Waals surface area contributed by atoms with Crippen molar-refractivity contribution in [2.45, 2.75) is 6.42 Å². The Labute approximate surface area is 150 Å². The lowest BCUT2D eigenvalue weighted by Crippen LogP contribution is -2.28. The summed E-state index contributed by atoms with van der Waals surface area (Å²) in [6, 6.07) is 17.8. The van der Waals surface area contributed by atoms with Gasteiger partial charge in [0.2, 0.25) is 0 Å². The van der Waals surface area contributed by atoms with Crippen molar-refractivity contribution in [2.24, 2.45) is 0 Å². The van der Waals surface area contributed by atoms with Crippen molar-refractivity contribution in [1.82, 2.24) is 0 Å². The Morgan fingerprint density at radius 2 is 1.73 bits per heavy atom. The molecule has 2 heterocycles. The van der Waals surface area contributed by atoms with Gasteiger partial charge < -0.3 is 20.0 Å². The van der Waals surface area contributed by atoms with E-state index in [1.54, 1.807) is 17.0 Å². The van der Waals surface area contributed by atoms with Gasteiger partial charge in [-0.1, -0.05) is 24.3 Å². The summed E-state index contributed by atoms with van der Waals surface area (Å²) < 4.78 is 5.21. The third-order valence-corrected chi connectivity index (χ3v) is 4.25. The lowest BCUT2D eigenvalue weighted by atomic mass is 10.1. The summed E-state index contributed by atoms with van der Waals surface area (Å²) in [5.41, 5.74) is 3.19. The van der Waals surface area contributed by atoms with Crippen molar-refractivity contribution in [2.75, 3.05) is 22.1 Å². The van der Waals surface area contributed by atoms with Crippen LogP contribution in [0.2, 0.25) is 0 Å². The number of rotatable bonds is 3. The molecule has 0 bridgehead atoms. The maximum Gasteiger partial charge on any atom is 0.323 e. The molecule has 3 amide bonds. The van der Waals surface area contributed by atoms with E-state index in [4.69, 9.17) is 4.42 Å². The summed E-state index contributed by atoms with van der Waals surface area (Å²) in [7, 11) is 0. The largest absolute Gasteiger partial charge is 0.459 e. The SMILES string of the molecule is O=C(Nc1ccccc1)Nc1ccc2c(c1)N(C(=O)c1ccco1)CC2. The van der Waals surface area contributed by atoms with E-state index in [0.29, 0.717) is 23.7 Å². The molecule has 0 atom stereocenters. The normalized spacial score (nSPS) is 12.5. The Morgan fingerprint density at radius 3 is 2.50 bits per heavy atom. The molecule has 4 rings (SSSR count). The van der Waals surface area contributed by atoms with E-state index in [0.717, 1.165) is 17.7 Å². The maximum atomic E-state index is 12.6. The zero-order chi connectivity index (χ0) is 17.9. The predicted octanol–water partition coefficient (Wildman–Crippen LogP) is 4.13. The van der Waals surface area contributed by atoms with Crippen LogP contribution in [0.1, 0.15) is 16.1 Å². The zero-order valence-electron chi connectivity index (χ0n) is 13.9. The Balaban J connectivity index is 1.51. The first-order chi connectivity index (χ1) is 12.7. The van der Waals surface area contributed by atoms with Crippen LogP contribution in [-0.2, 0) is 6.42 Å². The minimum absolute atomic E-state index is 0.181. The fourth-order valence-corrected chi connectivity index (χ4v) is 3.02. The molecule has 130 valence electrons. The van der Waals surface area contributed by atoms with Crippen LogP contribution in [0.15, 0.2) is 71.3 Å². The molecule has 6 heteroatoms. The summed E-state index contributed by atoms with van der Waals surface area (Å²) >= 11 is 0. The highest BCUT2D eigenvalue weighted by atomic mass is 16.3. The summed E-state index contributed by atoms with van der Waals surface area (Å²) in [6.07, 6.45) is 2.26. The topological polar surface area (TPSA) is 74.6 Å². The van der Waals surface area contributed by atoms with Gasteiger partial charge in [-0.2, -0.15) is 0 Å². The number of carbonyl (C=O) groups excluding carboxylic acids is 2. The highest BCUT2D eigenvalue weighted by molar-refractivity contribution is 6.06. The molecule has 3 aromatic rings. The molecular weight excluding hydrogens is 330 g/mol. The molecule has 0 radical (unpaired) electrons. The van der Waals surface area contributed by atoms with Gasteiger partial charge in [-0.3, -0.25) is 4.79 Å². The zero-order valence-corrected chi connectivity index (χ0v) is 13.9. The Bertz CT molecular complexity index is 936. The first kappa shape index (κ1) is 16.0. The molecule has 26 heavy (non-hydrogen) atoms. The monoisotopic (exact) mass is 347 g/mol. The number of fused-ring (bicyclic) bond motifs is 1. The van der Waals surface area contributed by atoms with E-state index in [1.807, 2.05) is 48.5 Å². The van der Waals surface area contributed by atoms with Gasteiger partial charge in [0.1, 0.15) is 0 Å². The minimum atomic E-state index is -0.335. The molecule has 0 saturated heterocycles.